The van der Waals surface area contributed by atoms with Crippen LogP contribution in [0.4, 0.5) is 5.69 Å². The number of hydrogen-bond acceptors (Lipinski definition) is 14. The van der Waals surface area contributed by atoms with Gasteiger partial charge >= 0.3 is 0 Å². The first-order chi connectivity index (χ1) is 40.9. The number of piperidine rings is 1. The Bertz CT molecular complexity index is 2750. The fourth-order valence-electron chi connectivity index (χ4n) is 12.5. The maximum atomic E-state index is 14.2. The highest BCUT2D eigenvalue weighted by molar-refractivity contribution is 5.99. The standard InChI is InChI=1S/C66H95N7O11/c1-7-72(55-24-29-78-30-25-55)60-43-54(42-58(48(60)4)64(75)68-44-59-46(2)41-47(3)69-65(59)76)51-15-19-57(20-16-51)84-40-38-82-36-34-80-32-31-79-33-35-81-37-39-83-56-17-13-50(14-18-56)21-26-71-27-22-52-23-28-73(61(52)45-71)66(77)62(53-11-9-8-10-12-53)70-63(74)49(5)67-6/h13-20,41-43,49,52-53,55,61-62,67H,7-12,21-40,44-45H2,1-6H3,(H,68,75)(H,69,76)(H,70,74)/t49-,52+,61+,62-/m0/s1. The third-order valence-electron chi connectivity index (χ3n) is 17.5. The second-order valence-corrected chi connectivity index (χ2v) is 23.1. The molecule has 4 aliphatic rings. The van der Waals surface area contributed by atoms with Gasteiger partial charge in [0.15, 0.2) is 0 Å². The highest BCUT2D eigenvalue weighted by Crippen LogP contribution is 2.37. The maximum absolute atomic E-state index is 14.2. The van der Waals surface area contributed by atoms with Crippen LogP contribution in [0.25, 0.3) is 11.1 Å². The summed E-state index contributed by atoms with van der Waals surface area (Å²) in [5.41, 5.74) is 7.59. The van der Waals surface area contributed by atoms with Gasteiger partial charge in [0.25, 0.3) is 11.5 Å². The van der Waals surface area contributed by atoms with Crippen LogP contribution in [0.1, 0.15) is 110 Å². The van der Waals surface area contributed by atoms with Gasteiger partial charge in [-0.15, -0.1) is 0 Å². The molecule has 18 nitrogen and oxygen atoms in total. The van der Waals surface area contributed by atoms with Gasteiger partial charge in [0.2, 0.25) is 11.8 Å². The van der Waals surface area contributed by atoms with E-state index in [2.05, 4.69) is 60.8 Å². The Kier molecular flexibility index (Phi) is 25.3. The van der Waals surface area contributed by atoms with E-state index >= 15 is 0 Å². The van der Waals surface area contributed by atoms with E-state index in [0.29, 0.717) is 102 Å². The Morgan fingerprint density at radius 1 is 0.738 bits per heavy atom. The fourth-order valence-corrected chi connectivity index (χ4v) is 12.5. The van der Waals surface area contributed by atoms with Crippen LogP contribution in [-0.4, -0.2) is 176 Å². The van der Waals surface area contributed by atoms with Crippen molar-refractivity contribution >= 4 is 23.4 Å². The number of anilines is 1. The molecule has 460 valence electrons. The summed E-state index contributed by atoms with van der Waals surface area (Å²) in [7, 11) is 1.78. The number of aromatic nitrogens is 1. The third kappa shape index (κ3) is 18.3. The first-order valence-corrected chi connectivity index (χ1v) is 31.1. The van der Waals surface area contributed by atoms with E-state index in [1.54, 1.807) is 7.05 Å². The van der Waals surface area contributed by atoms with Crippen LogP contribution in [0.2, 0.25) is 0 Å². The summed E-state index contributed by atoms with van der Waals surface area (Å²) in [6, 6.07) is 22.0. The van der Waals surface area contributed by atoms with Gasteiger partial charge in [0, 0.05) is 80.5 Å². The Balaban J connectivity index is 0.661. The van der Waals surface area contributed by atoms with Gasteiger partial charge in [-0.1, -0.05) is 43.5 Å². The summed E-state index contributed by atoms with van der Waals surface area (Å²) >= 11 is 0. The number of benzene rings is 3. The van der Waals surface area contributed by atoms with Crippen molar-refractivity contribution in [2.24, 2.45) is 11.8 Å². The monoisotopic (exact) mass is 1160 g/mol. The number of nitrogens with one attached hydrogen (secondary N) is 4. The predicted octanol–water partition coefficient (Wildman–Crippen LogP) is 7.56. The van der Waals surface area contributed by atoms with Crippen LogP contribution in [0.5, 0.6) is 11.5 Å². The molecule has 0 radical (unpaired) electrons. The number of fused-ring (bicyclic) bond motifs is 1. The molecule has 84 heavy (non-hydrogen) atoms. The molecule has 4 fully saturated rings. The molecule has 8 rings (SSSR count). The van der Waals surface area contributed by atoms with Crippen LogP contribution < -0.4 is 35.9 Å². The molecule has 0 bridgehead atoms. The molecule has 3 aromatic carbocycles. The molecule has 4 heterocycles. The van der Waals surface area contributed by atoms with Gasteiger partial charge < -0.3 is 68.8 Å². The number of carbonyl (C=O) groups excluding carboxylic acids is 3. The fraction of sp³-hybridized carbons (Fsp3) is 0.606. The number of H-pyrrole nitrogens is 1. The highest BCUT2D eigenvalue weighted by atomic mass is 16.6. The molecule has 4 N–H and O–H groups in total. The van der Waals surface area contributed by atoms with Crippen molar-refractivity contribution in [1.29, 1.82) is 0 Å². The summed E-state index contributed by atoms with van der Waals surface area (Å²) in [4.78, 5) is 63.9. The topological polar surface area (TPSA) is 194 Å². The molecular weight excluding hydrogens is 1070 g/mol. The molecule has 3 amide bonds. The first kappa shape index (κ1) is 64.1. The number of nitrogens with zero attached hydrogens (tertiary/aromatic N) is 3. The van der Waals surface area contributed by atoms with Crippen molar-refractivity contribution in [2.75, 3.05) is 124 Å². The molecule has 1 saturated carbocycles. The zero-order chi connectivity index (χ0) is 59.2. The van der Waals surface area contributed by atoms with Crippen molar-refractivity contribution in [3.8, 4) is 22.6 Å². The maximum Gasteiger partial charge on any atom is 0.253 e. The van der Waals surface area contributed by atoms with Crippen LogP contribution in [0.15, 0.2) is 71.5 Å². The minimum atomic E-state index is -0.443. The smallest absolute Gasteiger partial charge is 0.253 e. The van der Waals surface area contributed by atoms with E-state index in [4.69, 9.17) is 33.2 Å². The Labute approximate surface area is 498 Å². The normalized spacial score (nSPS) is 18.5. The van der Waals surface area contributed by atoms with Crippen LogP contribution in [-0.2, 0) is 46.2 Å². The van der Waals surface area contributed by atoms with E-state index in [9.17, 15) is 19.2 Å². The average Bonchev–Trinajstić information content (AvgIpc) is 2.87. The number of hydrogen-bond donors (Lipinski definition) is 4. The van der Waals surface area contributed by atoms with E-state index in [0.717, 1.165) is 136 Å². The second kappa shape index (κ2) is 33.2. The molecule has 0 spiro atoms. The van der Waals surface area contributed by atoms with Crippen LogP contribution >= 0.6 is 0 Å². The number of ether oxygens (including phenoxy) is 7. The number of carbonyl (C=O) groups is 3. The average molecular weight is 1160 g/mol. The minimum Gasteiger partial charge on any atom is -0.491 e. The zero-order valence-corrected chi connectivity index (χ0v) is 50.9. The first-order valence-electron chi connectivity index (χ1n) is 31.1. The van der Waals surface area contributed by atoms with Crippen molar-refractivity contribution in [3.05, 3.63) is 111 Å². The van der Waals surface area contributed by atoms with Gasteiger partial charge in [-0.05, 0) is 175 Å². The SMILES string of the molecule is CCN(c1cc(-c2ccc(OCCOCCOCCOCCOCCOc3ccc(CCN4CC[C@@H]5CCN(C(=O)[C@@H](NC(=O)[C@H](C)NC)C6CCCCC6)[C@@H]5C4)cc3)cc2)cc(C(=O)NCc2c(C)cc(C)[nH]c2=O)c1C)C1CCOCC1. The van der Waals surface area contributed by atoms with Gasteiger partial charge in [-0.2, -0.15) is 0 Å². The number of aryl methyl sites for hydroxylation is 2. The molecule has 0 unspecified atom stereocenters. The van der Waals surface area contributed by atoms with E-state index in [1.165, 1.54) is 12.0 Å². The minimum absolute atomic E-state index is 0.0954. The number of amides is 3. The quantitative estimate of drug-likeness (QED) is 0.0350. The molecule has 1 aromatic heterocycles. The predicted molar refractivity (Wildman–Crippen MR) is 327 cm³/mol. The highest BCUT2D eigenvalue weighted by Gasteiger charge is 2.44. The van der Waals surface area contributed by atoms with Crippen molar-refractivity contribution in [2.45, 2.75) is 130 Å². The van der Waals surface area contributed by atoms with Crippen LogP contribution in [0.3, 0.4) is 0 Å². The largest absolute Gasteiger partial charge is 0.491 e. The third-order valence-corrected chi connectivity index (χ3v) is 17.5. The molecule has 4 atom stereocenters. The number of aromatic amines is 1. The molecule has 3 saturated heterocycles. The van der Waals surface area contributed by atoms with Gasteiger partial charge in [0.05, 0.1) is 58.9 Å². The lowest BCUT2D eigenvalue weighted by Gasteiger charge is -2.41. The molecule has 4 aromatic rings. The summed E-state index contributed by atoms with van der Waals surface area (Å²) in [5.74, 6) is 2.05. The lowest BCUT2D eigenvalue weighted by atomic mass is 9.83. The summed E-state index contributed by atoms with van der Waals surface area (Å²) in [6.45, 7) is 20.2. The summed E-state index contributed by atoms with van der Waals surface area (Å²) in [6.07, 6.45) is 10.3. The zero-order valence-electron chi connectivity index (χ0n) is 50.9. The Hall–Kier alpha value is -5.86. The molecular formula is C66H95N7O11. The van der Waals surface area contributed by atoms with Gasteiger partial charge in [0.1, 0.15) is 30.8 Å². The van der Waals surface area contributed by atoms with Crippen molar-refractivity contribution in [1.82, 2.24) is 30.7 Å². The molecule has 3 aliphatic heterocycles. The van der Waals surface area contributed by atoms with E-state index < -0.39 is 6.04 Å². The van der Waals surface area contributed by atoms with Gasteiger partial charge in [-0.25, -0.2) is 0 Å². The number of rotatable bonds is 32. The molecule has 18 heteroatoms. The van der Waals surface area contributed by atoms with Crippen molar-refractivity contribution < 1.29 is 47.5 Å². The van der Waals surface area contributed by atoms with Crippen LogP contribution in [0, 0.1) is 32.6 Å². The Morgan fingerprint density at radius 2 is 1.35 bits per heavy atom. The number of pyridine rings is 1. The lowest BCUT2D eigenvalue weighted by Crippen LogP contribution is -2.58. The number of likely N-dealkylation sites (tertiary alicyclic amines) is 2. The summed E-state index contributed by atoms with van der Waals surface area (Å²) in [5, 5.41) is 9.25. The molecule has 1 aliphatic carbocycles. The summed E-state index contributed by atoms with van der Waals surface area (Å²) < 4.78 is 40.5. The number of likely N-dealkylation sites (N-methyl/N-ethyl adjacent to an activating group) is 1. The van der Waals surface area contributed by atoms with E-state index in [-0.39, 0.29) is 47.8 Å². The lowest BCUT2D eigenvalue weighted by molar-refractivity contribution is -0.140. The van der Waals surface area contributed by atoms with Crippen molar-refractivity contribution in [3.63, 3.8) is 0 Å². The van der Waals surface area contributed by atoms with E-state index in [1.807, 2.05) is 76.2 Å². The van der Waals surface area contributed by atoms with Gasteiger partial charge in [-0.3, -0.25) is 19.2 Å². The Morgan fingerprint density at radius 3 is 1.95 bits per heavy atom. The second-order valence-electron chi connectivity index (χ2n) is 23.1.